The number of benzene rings is 2. The van der Waals surface area contributed by atoms with Crippen LogP contribution in [0.25, 0.3) is 11.0 Å². The number of amides is 1. The number of rotatable bonds is 7. The molecular formula is C22H25N3O2. The van der Waals surface area contributed by atoms with Gasteiger partial charge in [-0.2, -0.15) is 0 Å². The van der Waals surface area contributed by atoms with Crippen molar-refractivity contribution in [3.63, 3.8) is 0 Å². The first-order chi connectivity index (χ1) is 13.1. The Labute approximate surface area is 159 Å². The molecule has 0 bridgehead atoms. The molecule has 1 heterocycles. The molecule has 2 aromatic carbocycles. The van der Waals surface area contributed by atoms with Gasteiger partial charge < -0.3 is 9.88 Å². The van der Waals surface area contributed by atoms with E-state index in [9.17, 15) is 9.59 Å². The molecule has 0 saturated carbocycles. The third kappa shape index (κ3) is 4.61. The highest BCUT2D eigenvalue weighted by molar-refractivity contribution is 5.77. The van der Waals surface area contributed by atoms with Crippen molar-refractivity contribution in [2.45, 2.75) is 39.7 Å². The second kappa shape index (κ2) is 8.62. The van der Waals surface area contributed by atoms with Crippen molar-refractivity contribution in [2.75, 3.05) is 6.54 Å². The first-order valence-corrected chi connectivity index (χ1v) is 9.39. The molecule has 27 heavy (non-hydrogen) atoms. The van der Waals surface area contributed by atoms with Crippen molar-refractivity contribution >= 4 is 16.9 Å². The number of aryl methyl sites for hydroxylation is 2. The fraction of sp³-hybridized carbons (Fsp3) is 0.318. The van der Waals surface area contributed by atoms with E-state index in [2.05, 4.69) is 10.3 Å². The Hall–Kier alpha value is -2.95. The molecule has 0 aliphatic rings. The Morgan fingerprint density at radius 3 is 2.59 bits per heavy atom. The molecular weight excluding hydrogens is 338 g/mol. The number of aromatic nitrogens is 2. The van der Waals surface area contributed by atoms with E-state index in [1.54, 1.807) is 4.57 Å². The highest BCUT2D eigenvalue weighted by atomic mass is 16.1. The summed E-state index contributed by atoms with van der Waals surface area (Å²) in [5, 5.41) is 2.84. The molecule has 1 N–H and O–H groups in total. The lowest BCUT2D eigenvalue weighted by atomic mass is 10.1. The van der Waals surface area contributed by atoms with Gasteiger partial charge in [0.1, 0.15) is 5.69 Å². The van der Waals surface area contributed by atoms with Crippen LogP contribution in [-0.2, 0) is 17.8 Å². The molecule has 1 aromatic heterocycles. The molecule has 3 rings (SSSR count). The smallest absolute Gasteiger partial charge is 0.273 e. The van der Waals surface area contributed by atoms with Crippen molar-refractivity contribution < 1.29 is 4.79 Å². The third-order valence-electron chi connectivity index (χ3n) is 4.54. The predicted molar refractivity (Wildman–Crippen MR) is 108 cm³/mol. The maximum atomic E-state index is 13.0. The van der Waals surface area contributed by atoms with E-state index in [-0.39, 0.29) is 17.9 Å². The van der Waals surface area contributed by atoms with Gasteiger partial charge in [-0.3, -0.25) is 9.59 Å². The molecule has 0 radical (unpaired) electrons. The van der Waals surface area contributed by atoms with Gasteiger partial charge in [0.15, 0.2) is 0 Å². The summed E-state index contributed by atoms with van der Waals surface area (Å²) in [6, 6.07) is 15.8. The van der Waals surface area contributed by atoms with Crippen LogP contribution in [0.15, 0.2) is 53.3 Å². The van der Waals surface area contributed by atoms with Gasteiger partial charge >= 0.3 is 0 Å². The van der Waals surface area contributed by atoms with Gasteiger partial charge in [-0.05, 0) is 31.0 Å². The molecule has 5 heteroatoms. The van der Waals surface area contributed by atoms with Crippen LogP contribution in [0.2, 0.25) is 0 Å². The lowest BCUT2D eigenvalue weighted by Gasteiger charge is -2.13. The molecule has 3 aromatic rings. The Kier molecular flexibility index (Phi) is 6.01. The molecule has 140 valence electrons. The summed E-state index contributed by atoms with van der Waals surface area (Å²) in [4.78, 5) is 29.5. The van der Waals surface area contributed by atoms with E-state index >= 15 is 0 Å². The number of carbonyl (C=O) groups excluding carboxylic acids is 1. The molecule has 0 saturated heterocycles. The van der Waals surface area contributed by atoms with Crippen LogP contribution in [0.1, 0.15) is 36.6 Å². The number of hydrogen-bond donors (Lipinski definition) is 1. The van der Waals surface area contributed by atoms with Gasteiger partial charge in [-0.1, -0.05) is 48.9 Å². The van der Waals surface area contributed by atoms with Crippen LogP contribution >= 0.6 is 0 Å². The van der Waals surface area contributed by atoms with Crippen molar-refractivity contribution in [3.05, 3.63) is 75.7 Å². The largest absolute Gasteiger partial charge is 0.356 e. The number of carbonyl (C=O) groups is 1. The van der Waals surface area contributed by atoms with Crippen LogP contribution < -0.4 is 10.9 Å². The summed E-state index contributed by atoms with van der Waals surface area (Å²) < 4.78 is 1.76. The zero-order valence-electron chi connectivity index (χ0n) is 15.9. The highest BCUT2D eigenvalue weighted by Crippen LogP contribution is 2.13. The molecule has 0 unspecified atom stereocenters. The molecule has 0 atom stereocenters. The maximum absolute atomic E-state index is 13.0. The SMILES string of the molecule is CCCNC(=O)CCc1nc2ccccc2n(Cc2ccc(C)cc2)c1=O. The van der Waals surface area contributed by atoms with Crippen LogP contribution in [-0.4, -0.2) is 22.0 Å². The van der Waals surface area contributed by atoms with Crippen molar-refractivity contribution in [3.8, 4) is 0 Å². The number of hydrogen-bond acceptors (Lipinski definition) is 3. The van der Waals surface area contributed by atoms with Gasteiger partial charge in [0.05, 0.1) is 17.6 Å². The summed E-state index contributed by atoms with van der Waals surface area (Å²) in [6.07, 6.45) is 1.50. The number of nitrogens with one attached hydrogen (secondary N) is 1. The number of nitrogens with zero attached hydrogens (tertiary/aromatic N) is 2. The Bertz CT molecular complexity index is 991. The molecule has 0 spiro atoms. The second-order valence-corrected chi connectivity index (χ2v) is 6.77. The summed E-state index contributed by atoms with van der Waals surface area (Å²) in [5.41, 5.74) is 4.13. The summed E-state index contributed by atoms with van der Waals surface area (Å²) in [6.45, 7) is 5.19. The minimum atomic E-state index is -0.127. The maximum Gasteiger partial charge on any atom is 0.273 e. The summed E-state index contributed by atoms with van der Waals surface area (Å²) in [5.74, 6) is -0.0451. The number of fused-ring (bicyclic) bond motifs is 1. The molecule has 5 nitrogen and oxygen atoms in total. The molecule has 1 amide bonds. The fourth-order valence-corrected chi connectivity index (χ4v) is 3.03. The standard InChI is InChI=1S/C22H25N3O2/c1-3-14-23-21(26)13-12-19-22(27)25(15-17-10-8-16(2)9-11-17)20-7-5-4-6-18(20)24-19/h4-11H,3,12-15H2,1-2H3,(H,23,26). The van der Waals surface area contributed by atoms with Gasteiger partial charge in [-0.25, -0.2) is 4.98 Å². The monoisotopic (exact) mass is 363 g/mol. The lowest BCUT2D eigenvalue weighted by molar-refractivity contribution is -0.121. The lowest BCUT2D eigenvalue weighted by Crippen LogP contribution is -2.29. The molecule has 0 fully saturated rings. The first-order valence-electron chi connectivity index (χ1n) is 9.39. The minimum absolute atomic E-state index is 0.0451. The molecule has 0 aliphatic heterocycles. The highest BCUT2D eigenvalue weighted by Gasteiger charge is 2.13. The minimum Gasteiger partial charge on any atom is -0.356 e. The van der Waals surface area contributed by atoms with E-state index in [4.69, 9.17) is 0 Å². The normalized spacial score (nSPS) is 10.9. The second-order valence-electron chi connectivity index (χ2n) is 6.77. The van der Waals surface area contributed by atoms with E-state index in [0.29, 0.717) is 25.2 Å². The molecule has 0 aliphatic carbocycles. The first kappa shape index (κ1) is 18.8. The van der Waals surface area contributed by atoms with Crippen LogP contribution in [0.3, 0.4) is 0 Å². The quantitative estimate of drug-likeness (QED) is 0.701. The van der Waals surface area contributed by atoms with Crippen LogP contribution in [0.4, 0.5) is 0 Å². The topological polar surface area (TPSA) is 64.0 Å². The van der Waals surface area contributed by atoms with Gasteiger partial charge in [0, 0.05) is 19.4 Å². The fourth-order valence-electron chi connectivity index (χ4n) is 3.03. The summed E-state index contributed by atoms with van der Waals surface area (Å²) >= 11 is 0. The van der Waals surface area contributed by atoms with E-state index in [1.807, 2.05) is 62.4 Å². The third-order valence-corrected chi connectivity index (χ3v) is 4.54. The zero-order valence-corrected chi connectivity index (χ0v) is 15.9. The predicted octanol–water partition coefficient (Wildman–Crippen LogP) is 3.21. The van der Waals surface area contributed by atoms with Crippen LogP contribution in [0, 0.1) is 6.92 Å². The van der Waals surface area contributed by atoms with E-state index in [0.717, 1.165) is 23.0 Å². The number of para-hydroxylation sites is 2. The Morgan fingerprint density at radius 2 is 1.85 bits per heavy atom. The van der Waals surface area contributed by atoms with Gasteiger partial charge in [0.2, 0.25) is 5.91 Å². The van der Waals surface area contributed by atoms with E-state index < -0.39 is 0 Å². The Morgan fingerprint density at radius 1 is 1.11 bits per heavy atom. The Balaban J connectivity index is 1.93. The van der Waals surface area contributed by atoms with Gasteiger partial charge in [-0.15, -0.1) is 0 Å². The zero-order chi connectivity index (χ0) is 19.2. The van der Waals surface area contributed by atoms with E-state index in [1.165, 1.54) is 5.56 Å². The van der Waals surface area contributed by atoms with Gasteiger partial charge in [0.25, 0.3) is 5.56 Å². The average molecular weight is 363 g/mol. The summed E-state index contributed by atoms with van der Waals surface area (Å²) in [7, 11) is 0. The van der Waals surface area contributed by atoms with Crippen molar-refractivity contribution in [1.82, 2.24) is 14.9 Å². The average Bonchev–Trinajstić information content (AvgIpc) is 2.68. The van der Waals surface area contributed by atoms with Crippen LogP contribution in [0.5, 0.6) is 0 Å². The van der Waals surface area contributed by atoms with Crippen molar-refractivity contribution in [1.29, 1.82) is 0 Å². The van der Waals surface area contributed by atoms with Crippen molar-refractivity contribution in [2.24, 2.45) is 0 Å².